The molecule has 5 heteroatoms. The van der Waals surface area contributed by atoms with E-state index in [4.69, 9.17) is 4.74 Å². The van der Waals surface area contributed by atoms with Crippen LogP contribution in [-0.4, -0.2) is 54.9 Å². The molecule has 1 fully saturated rings. The van der Waals surface area contributed by atoms with Gasteiger partial charge in [-0.25, -0.2) is 0 Å². The molecule has 0 unspecified atom stereocenters. The molecular formula is C19H28N2O3. The molecule has 2 rings (SSSR count). The van der Waals surface area contributed by atoms with Gasteiger partial charge < -0.3 is 14.5 Å². The largest absolute Gasteiger partial charge is 0.496 e. The zero-order valence-corrected chi connectivity index (χ0v) is 15.3. The van der Waals surface area contributed by atoms with Crippen LogP contribution in [0.4, 0.5) is 0 Å². The van der Waals surface area contributed by atoms with Crippen molar-refractivity contribution in [2.75, 3.05) is 33.3 Å². The summed E-state index contributed by atoms with van der Waals surface area (Å²) in [6, 6.07) is 5.79. The van der Waals surface area contributed by atoms with Crippen LogP contribution in [-0.2, 0) is 4.79 Å². The number of carbonyl (C=O) groups is 2. The first kappa shape index (κ1) is 18.3. The van der Waals surface area contributed by atoms with Crippen LogP contribution in [0.2, 0.25) is 0 Å². The molecule has 1 saturated heterocycles. The number of rotatable bonds is 4. The van der Waals surface area contributed by atoms with Crippen molar-refractivity contribution in [1.29, 1.82) is 0 Å². The standard InChI is InChI=1S/C19H28N2O3/c1-13(2)15-6-7-17(24-5)16(12-15)19(23)21-10-8-20(9-11-21)18(22)14(3)4/h6-7,12-14H,8-11H2,1-5H3. The maximum atomic E-state index is 12.9. The number of ether oxygens (including phenoxy) is 1. The number of piperazine rings is 1. The van der Waals surface area contributed by atoms with E-state index < -0.39 is 0 Å². The van der Waals surface area contributed by atoms with E-state index in [0.29, 0.717) is 43.4 Å². The Bertz CT molecular complexity index is 603. The molecule has 0 saturated carbocycles. The molecule has 1 aliphatic heterocycles. The molecule has 1 heterocycles. The first-order valence-corrected chi connectivity index (χ1v) is 8.61. The average molecular weight is 332 g/mol. The molecule has 132 valence electrons. The van der Waals surface area contributed by atoms with Crippen LogP contribution >= 0.6 is 0 Å². The van der Waals surface area contributed by atoms with E-state index in [9.17, 15) is 9.59 Å². The Balaban J connectivity index is 2.13. The molecular weight excluding hydrogens is 304 g/mol. The van der Waals surface area contributed by atoms with Gasteiger partial charge in [-0.15, -0.1) is 0 Å². The fourth-order valence-electron chi connectivity index (χ4n) is 2.92. The second-order valence-electron chi connectivity index (χ2n) is 6.89. The smallest absolute Gasteiger partial charge is 0.257 e. The number of hydrogen-bond acceptors (Lipinski definition) is 3. The summed E-state index contributed by atoms with van der Waals surface area (Å²) in [5, 5.41) is 0. The van der Waals surface area contributed by atoms with Crippen LogP contribution in [0.25, 0.3) is 0 Å². The van der Waals surface area contributed by atoms with E-state index in [1.807, 2.05) is 41.8 Å². The highest BCUT2D eigenvalue weighted by atomic mass is 16.5. The van der Waals surface area contributed by atoms with E-state index in [0.717, 1.165) is 5.56 Å². The molecule has 0 spiro atoms. The van der Waals surface area contributed by atoms with Gasteiger partial charge in [0.1, 0.15) is 5.75 Å². The number of benzene rings is 1. The van der Waals surface area contributed by atoms with Crippen molar-refractivity contribution < 1.29 is 14.3 Å². The maximum absolute atomic E-state index is 12.9. The number of nitrogens with zero attached hydrogens (tertiary/aromatic N) is 2. The van der Waals surface area contributed by atoms with Gasteiger partial charge in [0.15, 0.2) is 0 Å². The minimum absolute atomic E-state index is 0.00457. The summed E-state index contributed by atoms with van der Waals surface area (Å²) in [6.45, 7) is 10.3. The summed E-state index contributed by atoms with van der Waals surface area (Å²) < 4.78 is 5.37. The number of carbonyl (C=O) groups excluding carboxylic acids is 2. The molecule has 1 aromatic carbocycles. The summed E-state index contributed by atoms with van der Waals surface area (Å²) in [5.41, 5.74) is 1.72. The lowest BCUT2D eigenvalue weighted by Gasteiger charge is -2.35. The van der Waals surface area contributed by atoms with E-state index >= 15 is 0 Å². The fourth-order valence-corrected chi connectivity index (χ4v) is 2.92. The third-order valence-electron chi connectivity index (χ3n) is 4.49. The third-order valence-corrected chi connectivity index (χ3v) is 4.49. The summed E-state index contributed by atoms with van der Waals surface area (Å²) in [6.07, 6.45) is 0. The molecule has 24 heavy (non-hydrogen) atoms. The van der Waals surface area contributed by atoms with Crippen molar-refractivity contribution in [3.8, 4) is 5.75 Å². The predicted octanol–water partition coefficient (Wildman–Crippen LogP) is 2.76. The fraction of sp³-hybridized carbons (Fsp3) is 0.579. The van der Waals surface area contributed by atoms with Gasteiger partial charge in [0.05, 0.1) is 12.7 Å². The van der Waals surface area contributed by atoms with Crippen molar-refractivity contribution in [3.63, 3.8) is 0 Å². The number of methoxy groups -OCH3 is 1. The molecule has 0 aromatic heterocycles. The second kappa shape index (κ2) is 7.69. The molecule has 0 N–H and O–H groups in total. The van der Waals surface area contributed by atoms with Crippen molar-refractivity contribution in [2.24, 2.45) is 5.92 Å². The van der Waals surface area contributed by atoms with Gasteiger partial charge in [-0.3, -0.25) is 9.59 Å². The topological polar surface area (TPSA) is 49.9 Å². The Morgan fingerprint density at radius 2 is 1.58 bits per heavy atom. The molecule has 0 radical (unpaired) electrons. The van der Waals surface area contributed by atoms with E-state index in [2.05, 4.69) is 13.8 Å². The Morgan fingerprint density at radius 3 is 2.08 bits per heavy atom. The maximum Gasteiger partial charge on any atom is 0.257 e. The van der Waals surface area contributed by atoms with Gasteiger partial charge >= 0.3 is 0 Å². The Morgan fingerprint density at radius 1 is 1.00 bits per heavy atom. The highest BCUT2D eigenvalue weighted by molar-refractivity contribution is 5.97. The first-order chi connectivity index (χ1) is 11.3. The van der Waals surface area contributed by atoms with Gasteiger partial charge in [0.25, 0.3) is 5.91 Å². The van der Waals surface area contributed by atoms with Gasteiger partial charge in [0.2, 0.25) is 5.91 Å². The summed E-state index contributed by atoms with van der Waals surface area (Å²) in [7, 11) is 1.58. The zero-order valence-electron chi connectivity index (χ0n) is 15.3. The monoisotopic (exact) mass is 332 g/mol. The van der Waals surface area contributed by atoms with Crippen LogP contribution in [0.15, 0.2) is 18.2 Å². The lowest BCUT2D eigenvalue weighted by atomic mass is 9.99. The molecule has 1 aromatic rings. The van der Waals surface area contributed by atoms with E-state index in [1.165, 1.54) is 0 Å². The quantitative estimate of drug-likeness (QED) is 0.852. The van der Waals surface area contributed by atoms with Gasteiger partial charge in [-0.05, 0) is 23.6 Å². The lowest BCUT2D eigenvalue weighted by Crippen LogP contribution is -2.51. The zero-order chi connectivity index (χ0) is 17.9. The SMILES string of the molecule is COc1ccc(C(C)C)cc1C(=O)N1CCN(C(=O)C(C)C)CC1. The molecule has 5 nitrogen and oxygen atoms in total. The number of hydrogen-bond donors (Lipinski definition) is 0. The summed E-state index contributed by atoms with van der Waals surface area (Å²) in [4.78, 5) is 28.6. The van der Waals surface area contributed by atoms with E-state index in [-0.39, 0.29) is 17.7 Å². The average Bonchev–Trinajstić information content (AvgIpc) is 2.59. The van der Waals surface area contributed by atoms with Gasteiger partial charge in [-0.2, -0.15) is 0 Å². The third kappa shape index (κ3) is 3.89. The second-order valence-corrected chi connectivity index (χ2v) is 6.89. The van der Waals surface area contributed by atoms with Crippen molar-refractivity contribution in [3.05, 3.63) is 29.3 Å². The summed E-state index contributed by atoms with van der Waals surface area (Å²) >= 11 is 0. The lowest BCUT2D eigenvalue weighted by molar-refractivity contribution is -0.135. The van der Waals surface area contributed by atoms with Gasteiger partial charge in [-0.1, -0.05) is 33.8 Å². The Hall–Kier alpha value is -2.04. The first-order valence-electron chi connectivity index (χ1n) is 8.61. The van der Waals surface area contributed by atoms with Crippen LogP contribution < -0.4 is 4.74 Å². The minimum Gasteiger partial charge on any atom is -0.496 e. The van der Waals surface area contributed by atoms with Gasteiger partial charge in [0, 0.05) is 32.1 Å². The normalized spacial score (nSPS) is 15.1. The molecule has 2 amide bonds. The van der Waals surface area contributed by atoms with Crippen molar-refractivity contribution in [1.82, 2.24) is 9.80 Å². The highest BCUT2D eigenvalue weighted by Gasteiger charge is 2.27. The Labute approximate surface area is 144 Å². The van der Waals surface area contributed by atoms with Crippen LogP contribution in [0.5, 0.6) is 5.75 Å². The van der Waals surface area contributed by atoms with Crippen LogP contribution in [0.1, 0.15) is 49.5 Å². The highest BCUT2D eigenvalue weighted by Crippen LogP contribution is 2.26. The molecule has 0 aliphatic carbocycles. The molecule has 1 aliphatic rings. The summed E-state index contributed by atoms with van der Waals surface area (Å²) in [5.74, 6) is 1.08. The van der Waals surface area contributed by atoms with Crippen LogP contribution in [0.3, 0.4) is 0 Å². The number of amides is 2. The molecule has 0 bridgehead atoms. The minimum atomic E-state index is -0.0222. The van der Waals surface area contributed by atoms with Crippen molar-refractivity contribution in [2.45, 2.75) is 33.6 Å². The van der Waals surface area contributed by atoms with E-state index in [1.54, 1.807) is 7.11 Å². The van der Waals surface area contributed by atoms with Crippen molar-refractivity contribution >= 4 is 11.8 Å². The molecule has 0 atom stereocenters. The predicted molar refractivity (Wildman–Crippen MR) is 94.4 cm³/mol. The Kier molecular flexibility index (Phi) is 5.86. The van der Waals surface area contributed by atoms with Crippen LogP contribution in [0, 0.1) is 5.92 Å².